The second kappa shape index (κ2) is 7.03. The van der Waals surface area contributed by atoms with Gasteiger partial charge in [-0.25, -0.2) is 23.7 Å². The Morgan fingerprint density at radius 2 is 1.04 bits per heavy atom. The van der Waals surface area contributed by atoms with Crippen molar-refractivity contribution in [3.63, 3.8) is 0 Å². The van der Waals surface area contributed by atoms with Crippen LogP contribution < -0.4 is 0 Å². The third kappa shape index (κ3) is 3.37. The molecular formula is C21H13F2N3O2. The van der Waals surface area contributed by atoms with E-state index in [2.05, 4.69) is 15.0 Å². The van der Waals surface area contributed by atoms with Crippen LogP contribution in [-0.2, 0) is 0 Å². The van der Waals surface area contributed by atoms with Crippen molar-refractivity contribution in [3.05, 3.63) is 78.4 Å². The van der Waals surface area contributed by atoms with E-state index in [1.54, 1.807) is 24.3 Å². The maximum absolute atomic E-state index is 13.7. The predicted octanol–water partition coefficient (Wildman–Crippen LogP) is 4.56. The number of hydrogen-bond acceptors (Lipinski definition) is 5. The van der Waals surface area contributed by atoms with E-state index in [-0.39, 0.29) is 40.1 Å². The first-order valence-electron chi connectivity index (χ1n) is 8.30. The molecule has 0 aliphatic heterocycles. The highest BCUT2D eigenvalue weighted by molar-refractivity contribution is 5.71. The smallest absolute Gasteiger partial charge is 0.167 e. The van der Waals surface area contributed by atoms with Crippen LogP contribution in [0.3, 0.4) is 0 Å². The molecule has 0 saturated carbocycles. The molecular weight excluding hydrogens is 364 g/mol. The molecule has 1 heterocycles. The van der Waals surface area contributed by atoms with Crippen LogP contribution in [0.1, 0.15) is 0 Å². The molecule has 5 nitrogen and oxygen atoms in total. The van der Waals surface area contributed by atoms with Gasteiger partial charge in [0, 0.05) is 5.56 Å². The molecule has 0 spiro atoms. The van der Waals surface area contributed by atoms with Gasteiger partial charge in [0.05, 0.1) is 11.1 Å². The first-order valence-corrected chi connectivity index (χ1v) is 8.30. The third-order valence-electron chi connectivity index (χ3n) is 4.07. The van der Waals surface area contributed by atoms with Gasteiger partial charge in [0.15, 0.2) is 17.5 Å². The number of phenolic OH excluding ortho intramolecular Hbond substituents is 2. The topological polar surface area (TPSA) is 79.1 Å². The number of aromatic hydroxyl groups is 2. The molecule has 0 fully saturated rings. The molecule has 0 amide bonds. The van der Waals surface area contributed by atoms with Crippen molar-refractivity contribution in [1.29, 1.82) is 0 Å². The standard InChI is InChI=1S/C21H13F2N3O2/c22-13-6-8-17(27)15(10-13)20-24-19(12-4-2-1-3-5-12)25-21(26-20)16-11-14(23)7-9-18(16)28/h1-11,27-28H. The maximum Gasteiger partial charge on any atom is 0.167 e. The molecule has 4 rings (SSSR count). The van der Waals surface area contributed by atoms with Gasteiger partial charge in [-0.3, -0.25) is 0 Å². The summed E-state index contributed by atoms with van der Waals surface area (Å²) in [5, 5.41) is 20.3. The van der Waals surface area contributed by atoms with Crippen molar-refractivity contribution in [1.82, 2.24) is 15.0 Å². The largest absolute Gasteiger partial charge is 0.507 e. The summed E-state index contributed by atoms with van der Waals surface area (Å²) in [4.78, 5) is 12.9. The van der Waals surface area contributed by atoms with E-state index in [4.69, 9.17) is 0 Å². The Labute approximate surface area is 158 Å². The normalized spacial score (nSPS) is 10.8. The van der Waals surface area contributed by atoms with E-state index in [1.165, 1.54) is 12.1 Å². The summed E-state index contributed by atoms with van der Waals surface area (Å²) in [6.07, 6.45) is 0. The average Bonchev–Trinajstić information content (AvgIpc) is 2.72. The minimum absolute atomic E-state index is 0.00971. The number of nitrogens with zero attached hydrogens (tertiary/aromatic N) is 3. The van der Waals surface area contributed by atoms with E-state index in [0.29, 0.717) is 5.56 Å². The Hall–Kier alpha value is -3.87. The molecule has 1 aromatic heterocycles. The van der Waals surface area contributed by atoms with Gasteiger partial charge < -0.3 is 10.2 Å². The Morgan fingerprint density at radius 1 is 0.571 bits per heavy atom. The summed E-state index contributed by atoms with van der Waals surface area (Å²) >= 11 is 0. The number of benzene rings is 3. The van der Waals surface area contributed by atoms with E-state index in [9.17, 15) is 19.0 Å². The summed E-state index contributed by atoms with van der Waals surface area (Å²) in [5.74, 6) is -1.39. The highest BCUT2D eigenvalue weighted by Crippen LogP contribution is 2.33. The maximum atomic E-state index is 13.7. The second-order valence-electron chi connectivity index (χ2n) is 6.00. The second-order valence-corrected chi connectivity index (χ2v) is 6.00. The first kappa shape index (κ1) is 17.5. The van der Waals surface area contributed by atoms with E-state index >= 15 is 0 Å². The van der Waals surface area contributed by atoms with Crippen molar-refractivity contribution in [2.75, 3.05) is 0 Å². The number of halogens is 2. The van der Waals surface area contributed by atoms with Crippen LogP contribution in [-0.4, -0.2) is 25.2 Å². The SMILES string of the molecule is Oc1ccc(F)cc1-c1nc(-c2ccccc2)nc(-c2cc(F)ccc2O)n1. The zero-order chi connectivity index (χ0) is 19.7. The summed E-state index contributed by atoms with van der Waals surface area (Å²) < 4.78 is 27.4. The van der Waals surface area contributed by atoms with Gasteiger partial charge >= 0.3 is 0 Å². The molecule has 4 aromatic rings. The zero-order valence-corrected chi connectivity index (χ0v) is 14.3. The number of phenols is 2. The van der Waals surface area contributed by atoms with Gasteiger partial charge in [-0.1, -0.05) is 30.3 Å². The minimum Gasteiger partial charge on any atom is -0.507 e. The first-order chi connectivity index (χ1) is 13.5. The molecule has 0 atom stereocenters. The number of aromatic nitrogens is 3. The molecule has 28 heavy (non-hydrogen) atoms. The highest BCUT2D eigenvalue weighted by Gasteiger charge is 2.17. The van der Waals surface area contributed by atoms with Crippen LogP contribution in [0.4, 0.5) is 8.78 Å². The van der Waals surface area contributed by atoms with Gasteiger partial charge in [-0.2, -0.15) is 0 Å². The van der Waals surface area contributed by atoms with Crippen molar-refractivity contribution in [2.24, 2.45) is 0 Å². The van der Waals surface area contributed by atoms with Gasteiger partial charge in [-0.05, 0) is 36.4 Å². The molecule has 0 bridgehead atoms. The monoisotopic (exact) mass is 377 g/mol. The number of rotatable bonds is 3. The van der Waals surface area contributed by atoms with Crippen molar-refractivity contribution >= 4 is 0 Å². The molecule has 138 valence electrons. The lowest BCUT2D eigenvalue weighted by Gasteiger charge is -2.10. The van der Waals surface area contributed by atoms with Crippen LogP contribution in [0.2, 0.25) is 0 Å². The lowest BCUT2D eigenvalue weighted by Crippen LogP contribution is -2.01. The van der Waals surface area contributed by atoms with Crippen LogP contribution in [0.15, 0.2) is 66.7 Å². The quantitative estimate of drug-likeness (QED) is 0.547. The fraction of sp³-hybridized carbons (Fsp3) is 0. The Bertz CT molecular complexity index is 1100. The lowest BCUT2D eigenvalue weighted by molar-refractivity contribution is 0.474. The van der Waals surface area contributed by atoms with Gasteiger partial charge in [0.1, 0.15) is 23.1 Å². The van der Waals surface area contributed by atoms with Crippen molar-refractivity contribution in [3.8, 4) is 45.7 Å². The zero-order valence-electron chi connectivity index (χ0n) is 14.3. The summed E-state index contributed by atoms with van der Waals surface area (Å²) in [5.41, 5.74) is 0.743. The molecule has 2 N–H and O–H groups in total. The van der Waals surface area contributed by atoms with E-state index in [1.807, 2.05) is 6.07 Å². The van der Waals surface area contributed by atoms with Crippen LogP contribution in [0, 0.1) is 11.6 Å². The van der Waals surface area contributed by atoms with E-state index in [0.717, 1.165) is 24.3 Å². The van der Waals surface area contributed by atoms with Crippen LogP contribution in [0.5, 0.6) is 11.5 Å². The molecule has 0 unspecified atom stereocenters. The molecule has 3 aromatic carbocycles. The summed E-state index contributed by atoms with van der Waals surface area (Å²) in [6.45, 7) is 0. The molecule has 0 aliphatic carbocycles. The van der Waals surface area contributed by atoms with Gasteiger partial charge in [-0.15, -0.1) is 0 Å². The fourth-order valence-electron chi connectivity index (χ4n) is 2.71. The summed E-state index contributed by atoms with van der Waals surface area (Å²) in [6, 6.07) is 15.7. The predicted molar refractivity (Wildman–Crippen MR) is 99.4 cm³/mol. The molecule has 0 aliphatic rings. The average molecular weight is 377 g/mol. The Morgan fingerprint density at radius 3 is 1.54 bits per heavy atom. The van der Waals surface area contributed by atoms with Gasteiger partial charge in [0.25, 0.3) is 0 Å². The minimum atomic E-state index is -0.579. The highest BCUT2D eigenvalue weighted by atomic mass is 19.1. The van der Waals surface area contributed by atoms with Crippen LogP contribution >= 0.6 is 0 Å². The third-order valence-corrected chi connectivity index (χ3v) is 4.07. The lowest BCUT2D eigenvalue weighted by atomic mass is 10.1. The fourth-order valence-corrected chi connectivity index (χ4v) is 2.71. The molecule has 0 radical (unpaired) electrons. The Kier molecular flexibility index (Phi) is 4.41. The van der Waals surface area contributed by atoms with Crippen LogP contribution in [0.25, 0.3) is 34.2 Å². The van der Waals surface area contributed by atoms with Gasteiger partial charge in [0.2, 0.25) is 0 Å². The van der Waals surface area contributed by atoms with Crippen molar-refractivity contribution < 1.29 is 19.0 Å². The Balaban J connectivity index is 1.99. The number of hydrogen-bond donors (Lipinski definition) is 2. The summed E-state index contributed by atoms with van der Waals surface area (Å²) in [7, 11) is 0. The molecule has 0 saturated heterocycles. The molecule has 7 heteroatoms. The van der Waals surface area contributed by atoms with E-state index < -0.39 is 11.6 Å². The van der Waals surface area contributed by atoms with Crippen molar-refractivity contribution in [2.45, 2.75) is 0 Å².